The number of ether oxygens (including phenoxy) is 1. The van der Waals surface area contributed by atoms with E-state index in [-0.39, 0.29) is 5.57 Å². The van der Waals surface area contributed by atoms with Crippen LogP contribution in [0.1, 0.15) is 16.7 Å². The molecule has 0 bridgehead atoms. The Morgan fingerprint density at radius 2 is 1.78 bits per heavy atom. The van der Waals surface area contributed by atoms with Gasteiger partial charge in [-0.15, -0.1) is 0 Å². The smallest absolute Gasteiger partial charge is 0.335 e. The van der Waals surface area contributed by atoms with Crippen LogP contribution in [-0.2, 0) is 9.59 Å². The number of carbonyl (C=O) groups is 3. The van der Waals surface area contributed by atoms with E-state index < -0.39 is 17.8 Å². The third-order valence-corrected chi connectivity index (χ3v) is 4.63. The SMILES string of the molecule is COc1ccc(/C=C2/C(=O)NC(=O)N(c3ccc(C)c(C)c3)C2=O)cc1Cl. The molecule has 1 aliphatic heterocycles. The van der Waals surface area contributed by atoms with Crippen LogP contribution in [0.15, 0.2) is 42.0 Å². The summed E-state index contributed by atoms with van der Waals surface area (Å²) in [4.78, 5) is 38.3. The second-order valence-electron chi connectivity index (χ2n) is 6.12. The zero-order valence-corrected chi connectivity index (χ0v) is 15.8. The van der Waals surface area contributed by atoms with E-state index in [0.29, 0.717) is 22.0 Å². The molecule has 1 N–H and O–H groups in total. The Morgan fingerprint density at radius 1 is 1.04 bits per heavy atom. The molecule has 2 aromatic rings. The number of hydrogen-bond donors (Lipinski definition) is 1. The van der Waals surface area contributed by atoms with E-state index in [4.69, 9.17) is 16.3 Å². The van der Waals surface area contributed by atoms with Gasteiger partial charge < -0.3 is 4.74 Å². The number of hydrogen-bond acceptors (Lipinski definition) is 4. The minimum Gasteiger partial charge on any atom is -0.495 e. The molecule has 1 heterocycles. The van der Waals surface area contributed by atoms with E-state index in [2.05, 4.69) is 5.32 Å². The van der Waals surface area contributed by atoms with E-state index in [0.717, 1.165) is 16.0 Å². The molecule has 0 spiro atoms. The van der Waals surface area contributed by atoms with Crippen LogP contribution < -0.4 is 15.0 Å². The fourth-order valence-corrected chi connectivity index (χ4v) is 2.96. The van der Waals surface area contributed by atoms with Gasteiger partial charge in [0.05, 0.1) is 17.8 Å². The lowest BCUT2D eigenvalue weighted by Gasteiger charge is -2.26. The summed E-state index contributed by atoms with van der Waals surface area (Å²) >= 11 is 6.10. The van der Waals surface area contributed by atoms with E-state index in [1.807, 2.05) is 19.9 Å². The molecule has 4 amide bonds. The summed E-state index contributed by atoms with van der Waals surface area (Å²) in [7, 11) is 1.49. The first-order chi connectivity index (χ1) is 12.8. The van der Waals surface area contributed by atoms with Gasteiger partial charge in [-0.05, 0) is 60.9 Å². The van der Waals surface area contributed by atoms with Gasteiger partial charge in [0.2, 0.25) is 0 Å². The summed E-state index contributed by atoms with van der Waals surface area (Å²) in [6.45, 7) is 3.81. The van der Waals surface area contributed by atoms with Crippen LogP contribution in [0.4, 0.5) is 10.5 Å². The number of halogens is 1. The highest BCUT2D eigenvalue weighted by atomic mass is 35.5. The average Bonchev–Trinajstić information content (AvgIpc) is 2.61. The van der Waals surface area contributed by atoms with E-state index >= 15 is 0 Å². The molecular weight excluding hydrogens is 368 g/mol. The number of barbiturate groups is 1. The summed E-state index contributed by atoms with van der Waals surface area (Å²) < 4.78 is 5.09. The van der Waals surface area contributed by atoms with Gasteiger partial charge in [0, 0.05) is 0 Å². The number of urea groups is 1. The van der Waals surface area contributed by atoms with Crippen LogP contribution in [0.25, 0.3) is 6.08 Å². The number of aryl methyl sites for hydroxylation is 2. The van der Waals surface area contributed by atoms with E-state index in [1.165, 1.54) is 13.2 Å². The van der Waals surface area contributed by atoms with Gasteiger partial charge in [0.25, 0.3) is 11.8 Å². The van der Waals surface area contributed by atoms with Crippen molar-refractivity contribution in [2.45, 2.75) is 13.8 Å². The molecule has 1 saturated heterocycles. The third-order valence-electron chi connectivity index (χ3n) is 4.34. The maximum absolute atomic E-state index is 12.9. The molecule has 7 heteroatoms. The number of nitrogens with one attached hydrogen (secondary N) is 1. The molecule has 1 aliphatic rings. The Labute approximate surface area is 161 Å². The van der Waals surface area contributed by atoms with Gasteiger partial charge in [-0.2, -0.15) is 0 Å². The number of methoxy groups -OCH3 is 1. The molecule has 0 atom stereocenters. The summed E-state index contributed by atoms with van der Waals surface area (Å²) in [6.07, 6.45) is 1.39. The van der Waals surface area contributed by atoms with Gasteiger partial charge in [0.15, 0.2) is 0 Å². The normalized spacial score (nSPS) is 15.9. The van der Waals surface area contributed by atoms with Crippen LogP contribution in [0.5, 0.6) is 5.75 Å². The van der Waals surface area contributed by atoms with Crippen molar-refractivity contribution >= 4 is 41.2 Å². The Balaban J connectivity index is 2.01. The quantitative estimate of drug-likeness (QED) is 0.647. The minimum atomic E-state index is -0.779. The van der Waals surface area contributed by atoms with Gasteiger partial charge in [-0.3, -0.25) is 14.9 Å². The fourth-order valence-electron chi connectivity index (χ4n) is 2.70. The maximum atomic E-state index is 12.9. The number of amides is 4. The van der Waals surface area contributed by atoms with Crippen molar-refractivity contribution in [1.29, 1.82) is 0 Å². The first-order valence-electron chi connectivity index (χ1n) is 8.14. The minimum absolute atomic E-state index is 0.158. The first kappa shape index (κ1) is 18.7. The van der Waals surface area contributed by atoms with Crippen LogP contribution in [0.2, 0.25) is 5.02 Å². The van der Waals surface area contributed by atoms with Crippen LogP contribution in [0, 0.1) is 13.8 Å². The number of imide groups is 2. The van der Waals surface area contributed by atoms with Gasteiger partial charge in [-0.1, -0.05) is 23.7 Å². The van der Waals surface area contributed by atoms with Crippen molar-refractivity contribution in [2.24, 2.45) is 0 Å². The summed E-state index contributed by atoms with van der Waals surface area (Å²) in [5.41, 5.74) is 2.73. The maximum Gasteiger partial charge on any atom is 0.335 e. The standard InChI is InChI=1S/C20H17ClN2O4/c1-11-4-6-14(8-12(11)2)23-19(25)15(18(24)22-20(23)26)9-13-5-7-17(27-3)16(21)10-13/h4-10H,1-3H3,(H,22,24,26)/b15-9-. The highest BCUT2D eigenvalue weighted by Crippen LogP contribution is 2.28. The molecular formula is C20H17ClN2O4. The number of carbonyl (C=O) groups excluding carboxylic acids is 3. The number of rotatable bonds is 3. The van der Waals surface area contributed by atoms with Crippen molar-refractivity contribution in [2.75, 3.05) is 12.0 Å². The van der Waals surface area contributed by atoms with Gasteiger partial charge >= 0.3 is 6.03 Å². The number of anilines is 1. The van der Waals surface area contributed by atoms with Crippen molar-refractivity contribution in [1.82, 2.24) is 5.32 Å². The molecule has 3 rings (SSSR count). The lowest BCUT2D eigenvalue weighted by molar-refractivity contribution is -0.122. The van der Waals surface area contributed by atoms with Gasteiger partial charge in [0.1, 0.15) is 11.3 Å². The molecule has 0 aromatic heterocycles. The topological polar surface area (TPSA) is 75.7 Å². The second kappa shape index (κ2) is 7.25. The molecule has 1 fully saturated rings. The van der Waals surface area contributed by atoms with Gasteiger partial charge in [-0.25, -0.2) is 9.69 Å². The fraction of sp³-hybridized carbons (Fsp3) is 0.150. The Hall–Kier alpha value is -3.12. The number of benzene rings is 2. The lowest BCUT2D eigenvalue weighted by Crippen LogP contribution is -2.54. The Morgan fingerprint density at radius 3 is 2.41 bits per heavy atom. The average molecular weight is 385 g/mol. The Bertz CT molecular complexity index is 997. The molecule has 0 radical (unpaired) electrons. The molecule has 6 nitrogen and oxygen atoms in total. The van der Waals surface area contributed by atoms with E-state index in [1.54, 1.807) is 30.3 Å². The van der Waals surface area contributed by atoms with E-state index in [9.17, 15) is 14.4 Å². The number of nitrogens with zero attached hydrogens (tertiary/aromatic N) is 1. The lowest BCUT2D eigenvalue weighted by atomic mass is 10.0. The highest BCUT2D eigenvalue weighted by Gasteiger charge is 2.36. The third kappa shape index (κ3) is 3.57. The predicted molar refractivity (Wildman–Crippen MR) is 103 cm³/mol. The Kier molecular flexibility index (Phi) is 5.01. The highest BCUT2D eigenvalue weighted by molar-refractivity contribution is 6.39. The van der Waals surface area contributed by atoms with Crippen molar-refractivity contribution in [3.05, 3.63) is 63.7 Å². The largest absolute Gasteiger partial charge is 0.495 e. The zero-order chi connectivity index (χ0) is 19.7. The van der Waals surface area contributed by atoms with Crippen molar-refractivity contribution in [3.8, 4) is 5.75 Å². The van der Waals surface area contributed by atoms with Crippen molar-refractivity contribution < 1.29 is 19.1 Å². The molecule has 0 unspecified atom stereocenters. The molecule has 138 valence electrons. The van der Waals surface area contributed by atoms with Crippen LogP contribution in [-0.4, -0.2) is 25.0 Å². The van der Waals surface area contributed by atoms with Crippen LogP contribution in [0.3, 0.4) is 0 Å². The second-order valence-corrected chi connectivity index (χ2v) is 6.53. The van der Waals surface area contributed by atoms with Crippen molar-refractivity contribution in [3.63, 3.8) is 0 Å². The van der Waals surface area contributed by atoms with Crippen LogP contribution >= 0.6 is 11.6 Å². The zero-order valence-electron chi connectivity index (χ0n) is 15.0. The molecule has 27 heavy (non-hydrogen) atoms. The summed E-state index contributed by atoms with van der Waals surface area (Å²) in [6, 6.07) is 9.29. The summed E-state index contributed by atoms with van der Waals surface area (Å²) in [5.74, 6) is -0.971. The predicted octanol–water partition coefficient (Wildman–Crippen LogP) is 3.63. The summed E-state index contributed by atoms with van der Waals surface area (Å²) in [5, 5.41) is 2.55. The monoisotopic (exact) mass is 384 g/mol. The molecule has 2 aromatic carbocycles. The molecule has 0 saturated carbocycles. The molecule has 0 aliphatic carbocycles. The first-order valence-corrected chi connectivity index (χ1v) is 8.52.